The second-order valence-corrected chi connectivity index (χ2v) is 13.2. The number of hydrogen-bond donors (Lipinski definition) is 6. The van der Waals surface area contributed by atoms with Crippen molar-refractivity contribution >= 4 is 52.8 Å². The van der Waals surface area contributed by atoms with E-state index >= 15 is 0 Å². The number of piperidine rings is 2. The summed E-state index contributed by atoms with van der Waals surface area (Å²) in [5, 5.41) is 33.3. The molecule has 2 aliphatic rings. The van der Waals surface area contributed by atoms with Crippen molar-refractivity contribution in [2.45, 2.75) is 63.7 Å². The van der Waals surface area contributed by atoms with Crippen molar-refractivity contribution in [1.29, 1.82) is 0 Å². The predicted octanol–water partition coefficient (Wildman–Crippen LogP) is -0.160. The van der Waals surface area contributed by atoms with Crippen molar-refractivity contribution < 1.29 is 14.4 Å². The Morgan fingerprint density at radius 3 is 1.66 bits per heavy atom. The van der Waals surface area contributed by atoms with Crippen molar-refractivity contribution in [3.63, 3.8) is 0 Å². The first-order valence-corrected chi connectivity index (χ1v) is 17.1. The second kappa shape index (κ2) is 16.4. The molecule has 2 fully saturated rings. The number of rotatable bonds is 9. The summed E-state index contributed by atoms with van der Waals surface area (Å²) in [6.07, 6.45) is 10.3. The van der Waals surface area contributed by atoms with Crippen LogP contribution >= 0.6 is 0 Å². The Morgan fingerprint density at radius 1 is 0.755 bits per heavy atom. The van der Waals surface area contributed by atoms with E-state index in [1.165, 1.54) is 4.90 Å². The minimum atomic E-state index is -0.731. The van der Waals surface area contributed by atoms with E-state index in [2.05, 4.69) is 56.5 Å². The van der Waals surface area contributed by atoms with E-state index in [1.54, 1.807) is 62.3 Å². The zero-order valence-electron chi connectivity index (χ0n) is 30.6. The van der Waals surface area contributed by atoms with Crippen molar-refractivity contribution in [1.82, 2.24) is 60.1 Å². The number of carbonyl (C=O) groups is 3. The number of amides is 4. The monoisotopic (exact) mass is 733 g/mol. The van der Waals surface area contributed by atoms with Crippen LogP contribution in [0, 0.1) is 0 Å². The summed E-state index contributed by atoms with van der Waals surface area (Å²) < 4.78 is 3.25. The van der Waals surface area contributed by atoms with Crippen LogP contribution in [-0.2, 0) is 14.1 Å². The van der Waals surface area contributed by atoms with Crippen LogP contribution in [0.25, 0.3) is 0 Å². The van der Waals surface area contributed by atoms with E-state index < -0.39 is 11.8 Å². The minimum Gasteiger partial charge on any atom is -0.364 e. The van der Waals surface area contributed by atoms with Gasteiger partial charge in [-0.15, -0.1) is 20.4 Å². The minimum absolute atomic E-state index is 0.0171. The van der Waals surface area contributed by atoms with Gasteiger partial charge in [0.05, 0.1) is 29.8 Å². The van der Waals surface area contributed by atoms with Gasteiger partial charge in [0.2, 0.25) is 11.9 Å². The number of aromatic nitrogens is 10. The third kappa shape index (κ3) is 9.19. The number of urea groups is 1. The molecular formula is C31H47N19O3. The smallest absolute Gasteiger partial charge is 0.317 e. The zero-order chi connectivity index (χ0) is 38.4. The Kier molecular flexibility index (Phi) is 11.8. The summed E-state index contributed by atoms with van der Waals surface area (Å²) >= 11 is 0. The number of carbonyl (C=O) groups excluding carboxylic acids is 3. The first-order chi connectivity index (χ1) is 25.2. The number of hydrogen-bond acceptors (Lipinski definition) is 16. The molecule has 6 heterocycles. The number of nitrogens with two attached hydrogens (primary N) is 3. The summed E-state index contributed by atoms with van der Waals surface area (Å²) in [7, 11) is 6.97. The topological polar surface area (TPSA) is 288 Å². The molecule has 22 heteroatoms. The highest BCUT2D eigenvalue weighted by molar-refractivity contribution is 5.96. The van der Waals surface area contributed by atoms with Gasteiger partial charge in [-0.3, -0.25) is 19.0 Å². The fourth-order valence-corrected chi connectivity index (χ4v) is 5.99. The second-order valence-electron chi connectivity index (χ2n) is 13.2. The van der Waals surface area contributed by atoms with Crippen molar-refractivity contribution in [3.05, 3.63) is 36.2 Å². The van der Waals surface area contributed by atoms with Crippen molar-refractivity contribution in [3.8, 4) is 0 Å². The van der Waals surface area contributed by atoms with Gasteiger partial charge in [0, 0.05) is 71.8 Å². The van der Waals surface area contributed by atoms with Crippen LogP contribution in [0.4, 0.5) is 39.7 Å². The Labute approximate surface area is 305 Å². The molecule has 4 aromatic rings. The van der Waals surface area contributed by atoms with Gasteiger partial charge in [0.25, 0.3) is 11.8 Å². The lowest BCUT2D eigenvalue weighted by Crippen LogP contribution is -2.56. The highest BCUT2D eigenvalue weighted by Gasteiger charge is 2.32. The van der Waals surface area contributed by atoms with Crippen LogP contribution in [0.1, 0.15) is 60.5 Å². The van der Waals surface area contributed by atoms with Gasteiger partial charge in [-0.1, -0.05) is 0 Å². The number of nitrogens with zero attached hydrogens (tertiary/aromatic N) is 13. The lowest BCUT2D eigenvalue weighted by Gasteiger charge is -2.39. The van der Waals surface area contributed by atoms with E-state index in [0.29, 0.717) is 29.8 Å². The molecule has 4 aromatic heterocycles. The van der Waals surface area contributed by atoms with E-state index in [9.17, 15) is 14.4 Å². The van der Waals surface area contributed by atoms with E-state index in [4.69, 9.17) is 17.2 Å². The number of aryl methyl sites for hydroxylation is 2. The van der Waals surface area contributed by atoms with Crippen LogP contribution in [0.3, 0.4) is 0 Å². The van der Waals surface area contributed by atoms with Crippen LogP contribution in [-0.4, -0.2) is 124 Å². The molecule has 2 saturated heterocycles. The molecule has 0 radical (unpaired) electrons. The lowest BCUT2D eigenvalue weighted by molar-refractivity contribution is 0.0986. The van der Waals surface area contributed by atoms with Crippen LogP contribution < -0.4 is 43.0 Å². The summed E-state index contributed by atoms with van der Waals surface area (Å²) in [5.41, 5.74) is 18.2. The average Bonchev–Trinajstić information content (AvgIpc) is 3.73. The van der Waals surface area contributed by atoms with E-state index in [1.807, 2.05) is 23.6 Å². The molecule has 0 unspecified atom stereocenters. The molecule has 284 valence electrons. The third-order valence-corrected chi connectivity index (χ3v) is 9.02. The summed E-state index contributed by atoms with van der Waals surface area (Å²) in [6, 6.07) is -0.127. The van der Waals surface area contributed by atoms with Crippen LogP contribution in [0.5, 0.6) is 0 Å². The van der Waals surface area contributed by atoms with Crippen molar-refractivity contribution in [2.75, 3.05) is 47.6 Å². The van der Waals surface area contributed by atoms with Crippen LogP contribution in [0.2, 0.25) is 0 Å². The van der Waals surface area contributed by atoms with Gasteiger partial charge in [-0.25, -0.2) is 4.79 Å². The van der Waals surface area contributed by atoms with Gasteiger partial charge >= 0.3 is 6.03 Å². The molecule has 0 aromatic carbocycles. The Hall–Kier alpha value is -6.19. The fourth-order valence-electron chi connectivity index (χ4n) is 5.99. The zero-order valence-corrected chi connectivity index (χ0v) is 30.6. The largest absolute Gasteiger partial charge is 0.364 e. The molecule has 22 nitrogen and oxygen atoms in total. The molecular weight excluding hydrogens is 686 g/mol. The SMILES string of the molecule is C[C@@H]1[C@H](N)CCCN1c1nnc(C(N)=O)c(Nc2cnn(C)c2)n1.C[C@@H]1[C@H](NC(=O)N(C)C)CCCN1c1nnc(C(N)=O)c(Nc2cnn(C)c2)n1. The maximum atomic E-state index is 12.1. The first kappa shape index (κ1) is 38.1. The summed E-state index contributed by atoms with van der Waals surface area (Å²) in [6.45, 7) is 5.53. The maximum Gasteiger partial charge on any atom is 0.317 e. The Morgan fingerprint density at radius 2 is 1.23 bits per heavy atom. The predicted molar refractivity (Wildman–Crippen MR) is 196 cm³/mol. The molecule has 4 atom stereocenters. The fraction of sp³-hybridized carbons (Fsp3) is 0.516. The quantitative estimate of drug-likeness (QED) is 0.130. The van der Waals surface area contributed by atoms with Crippen molar-refractivity contribution in [2.24, 2.45) is 31.3 Å². The first-order valence-electron chi connectivity index (χ1n) is 17.1. The molecule has 0 aliphatic carbocycles. The molecule has 0 spiro atoms. The normalized spacial score (nSPS) is 19.8. The van der Waals surface area contributed by atoms with Gasteiger partial charge < -0.3 is 47.9 Å². The van der Waals surface area contributed by atoms with Crippen LogP contribution in [0.15, 0.2) is 24.8 Å². The molecule has 0 saturated carbocycles. The maximum absolute atomic E-state index is 12.1. The summed E-state index contributed by atoms with van der Waals surface area (Å²) in [4.78, 5) is 49.9. The van der Waals surface area contributed by atoms with E-state index in [-0.39, 0.29) is 53.2 Å². The van der Waals surface area contributed by atoms with Gasteiger partial charge in [-0.05, 0) is 39.5 Å². The Balaban J connectivity index is 0.000000208. The highest BCUT2D eigenvalue weighted by atomic mass is 16.2. The number of anilines is 6. The molecule has 6 rings (SSSR count). The number of primary amides is 2. The van der Waals surface area contributed by atoms with E-state index in [0.717, 1.165) is 32.2 Å². The van der Waals surface area contributed by atoms with Gasteiger partial charge in [0.1, 0.15) is 0 Å². The van der Waals surface area contributed by atoms with Gasteiger partial charge in [-0.2, -0.15) is 20.2 Å². The molecule has 4 amide bonds. The molecule has 9 N–H and O–H groups in total. The average molecular weight is 734 g/mol. The standard InChI is InChI=1S/C17H26N10O2.C14H21N9O/c1-10-12(21-17(29)25(2)3)6-5-7-27(10)16-22-15(13(14(18)28)23-24-16)20-11-8-19-26(4)9-11;1-8-10(15)4-3-5-23(8)14-19-13(11(12(16)24)20-21-14)18-9-6-17-22(2)7-9/h8-10,12H,5-7H2,1-4H3,(H2,18,28)(H,21,29)(H,20,22,24);6-8,10H,3-5,15H2,1-2H3,(H2,16,24)(H,18,19,21)/t10-,12-;8-,10-/m11/s1. The Bertz CT molecular complexity index is 1910. The molecule has 0 bridgehead atoms. The lowest BCUT2D eigenvalue weighted by atomic mass is 9.98. The molecule has 2 aliphatic heterocycles. The molecule has 53 heavy (non-hydrogen) atoms. The number of nitrogens with one attached hydrogen (secondary N) is 3. The summed E-state index contributed by atoms with van der Waals surface area (Å²) in [5.74, 6) is -0.178. The van der Waals surface area contributed by atoms with Gasteiger partial charge in [0.15, 0.2) is 23.0 Å². The third-order valence-electron chi connectivity index (χ3n) is 9.02. The highest BCUT2D eigenvalue weighted by Crippen LogP contribution is 2.26.